The predicted octanol–water partition coefficient (Wildman–Crippen LogP) is 4.85. The number of ether oxygens (including phenoxy) is 1. The van der Waals surface area contributed by atoms with Gasteiger partial charge in [0, 0.05) is 6.54 Å². The number of rotatable bonds is 5. The summed E-state index contributed by atoms with van der Waals surface area (Å²) in [5.74, 6) is 2.50. The minimum absolute atomic E-state index is 0.182. The van der Waals surface area contributed by atoms with Crippen molar-refractivity contribution in [3.63, 3.8) is 0 Å². The number of carbonyl (C=O) groups is 1. The Morgan fingerprint density at radius 3 is 2.50 bits per heavy atom. The summed E-state index contributed by atoms with van der Waals surface area (Å²) >= 11 is 0. The van der Waals surface area contributed by atoms with Gasteiger partial charge in [0.2, 0.25) is 5.91 Å². The largest absolute Gasteiger partial charge is 0.497 e. The van der Waals surface area contributed by atoms with Crippen molar-refractivity contribution in [2.75, 3.05) is 7.11 Å². The third-order valence-electron chi connectivity index (χ3n) is 7.52. The monoisotopic (exact) mass is 375 g/mol. The quantitative estimate of drug-likeness (QED) is 0.811. The lowest BCUT2D eigenvalue weighted by Gasteiger charge is -2.61. The lowest BCUT2D eigenvalue weighted by Crippen LogP contribution is -2.59. The molecule has 3 nitrogen and oxygen atoms in total. The van der Waals surface area contributed by atoms with Crippen molar-refractivity contribution in [2.45, 2.75) is 50.5 Å². The van der Waals surface area contributed by atoms with Gasteiger partial charge in [-0.2, -0.15) is 0 Å². The summed E-state index contributed by atoms with van der Waals surface area (Å²) in [4.78, 5) is 13.5. The summed E-state index contributed by atoms with van der Waals surface area (Å²) in [6.07, 6.45) is 7.00. The summed E-state index contributed by atoms with van der Waals surface area (Å²) in [5, 5.41) is 3.28. The Labute approximate surface area is 167 Å². The standard InChI is InChI=1S/C25H29NO2/c1-28-22-9-5-6-18(11-22)16-26-23(27)25-14-19-10-20(15-25)13-24(12-19,17-25)21-7-3-2-4-8-21/h2-9,11,19-20H,10,12-17H2,1H3,(H,26,27)/t19-,20+,24?,25?. The van der Waals surface area contributed by atoms with E-state index in [1.807, 2.05) is 24.3 Å². The molecule has 2 aromatic carbocycles. The van der Waals surface area contributed by atoms with Crippen LogP contribution in [0, 0.1) is 17.3 Å². The first-order chi connectivity index (χ1) is 13.6. The van der Waals surface area contributed by atoms with Crippen molar-refractivity contribution in [3.8, 4) is 5.75 Å². The molecule has 4 saturated carbocycles. The van der Waals surface area contributed by atoms with E-state index in [2.05, 4.69) is 35.6 Å². The van der Waals surface area contributed by atoms with Gasteiger partial charge >= 0.3 is 0 Å². The van der Waals surface area contributed by atoms with Crippen LogP contribution in [0.15, 0.2) is 54.6 Å². The van der Waals surface area contributed by atoms with Crippen LogP contribution in [0.25, 0.3) is 0 Å². The molecular weight excluding hydrogens is 346 g/mol. The third kappa shape index (κ3) is 2.92. The van der Waals surface area contributed by atoms with Crippen LogP contribution in [-0.4, -0.2) is 13.0 Å². The molecule has 4 fully saturated rings. The smallest absolute Gasteiger partial charge is 0.226 e. The zero-order valence-electron chi connectivity index (χ0n) is 16.6. The molecule has 0 saturated heterocycles. The molecule has 0 aromatic heterocycles. The first kappa shape index (κ1) is 17.8. The third-order valence-corrected chi connectivity index (χ3v) is 7.52. The van der Waals surface area contributed by atoms with Crippen LogP contribution < -0.4 is 10.1 Å². The van der Waals surface area contributed by atoms with E-state index in [1.54, 1.807) is 7.11 Å². The summed E-state index contributed by atoms with van der Waals surface area (Å²) in [6, 6.07) is 19.0. The highest BCUT2D eigenvalue weighted by molar-refractivity contribution is 5.83. The van der Waals surface area contributed by atoms with E-state index in [9.17, 15) is 4.79 Å². The number of hydrogen-bond donors (Lipinski definition) is 1. The Morgan fingerprint density at radius 2 is 1.79 bits per heavy atom. The lowest BCUT2D eigenvalue weighted by atomic mass is 9.42. The molecule has 4 aliphatic carbocycles. The molecule has 146 valence electrons. The fraction of sp³-hybridized carbons (Fsp3) is 0.480. The number of amides is 1. The van der Waals surface area contributed by atoms with Crippen molar-refractivity contribution in [2.24, 2.45) is 17.3 Å². The molecule has 3 heteroatoms. The van der Waals surface area contributed by atoms with E-state index in [-0.39, 0.29) is 16.7 Å². The average Bonchev–Trinajstić information content (AvgIpc) is 2.72. The van der Waals surface area contributed by atoms with Gasteiger partial charge in [0.15, 0.2) is 0 Å². The fourth-order valence-corrected chi connectivity index (χ4v) is 6.81. The molecule has 2 unspecified atom stereocenters. The molecule has 4 bridgehead atoms. The summed E-state index contributed by atoms with van der Waals surface area (Å²) in [5.41, 5.74) is 2.57. The maximum atomic E-state index is 13.5. The fourth-order valence-electron chi connectivity index (χ4n) is 6.81. The zero-order valence-corrected chi connectivity index (χ0v) is 16.6. The van der Waals surface area contributed by atoms with E-state index in [0.29, 0.717) is 18.4 Å². The van der Waals surface area contributed by atoms with E-state index < -0.39 is 0 Å². The number of hydrogen-bond acceptors (Lipinski definition) is 2. The molecule has 0 spiro atoms. The predicted molar refractivity (Wildman–Crippen MR) is 110 cm³/mol. The SMILES string of the molecule is COc1cccc(CNC(=O)C23C[C@H]4C[C@@H](C2)CC(c2ccccc2)(C4)C3)c1. The van der Waals surface area contributed by atoms with Crippen molar-refractivity contribution >= 4 is 5.91 Å². The van der Waals surface area contributed by atoms with Crippen LogP contribution in [0.2, 0.25) is 0 Å². The first-order valence-electron chi connectivity index (χ1n) is 10.6. The Bertz CT molecular complexity index is 861. The van der Waals surface area contributed by atoms with Gasteiger partial charge in [-0.3, -0.25) is 4.79 Å². The highest BCUT2D eigenvalue weighted by Crippen LogP contribution is 2.65. The molecule has 6 rings (SSSR count). The molecule has 1 amide bonds. The topological polar surface area (TPSA) is 38.3 Å². The molecule has 28 heavy (non-hydrogen) atoms. The highest BCUT2D eigenvalue weighted by Gasteiger charge is 2.60. The van der Waals surface area contributed by atoms with Crippen molar-refractivity contribution < 1.29 is 9.53 Å². The molecule has 2 aromatic rings. The lowest BCUT2D eigenvalue weighted by molar-refractivity contribution is -0.149. The van der Waals surface area contributed by atoms with Gasteiger partial charge in [0.05, 0.1) is 12.5 Å². The number of benzene rings is 2. The molecule has 1 N–H and O–H groups in total. The molecule has 0 heterocycles. The van der Waals surface area contributed by atoms with Crippen molar-refractivity contribution in [1.29, 1.82) is 0 Å². The summed E-state index contributed by atoms with van der Waals surface area (Å²) < 4.78 is 5.31. The van der Waals surface area contributed by atoms with E-state index in [0.717, 1.165) is 30.6 Å². The Balaban J connectivity index is 1.37. The first-order valence-corrected chi connectivity index (χ1v) is 10.6. The molecule has 4 atom stereocenters. The van der Waals surface area contributed by atoms with Gasteiger partial charge in [0.1, 0.15) is 5.75 Å². The Kier molecular flexibility index (Phi) is 4.22. The maximum absolute atomic E-state index is 13.5. The normalized spacial score (nSPS) is 32.9. The molecule has 4 aliphatic rings. The molecule has 0 radical (unpaired) electrons. The number of methoxy groups -OCH3 is 1. The second-order valence-electron chi connectivity index (χ2n) is 9.42. The highest BCUT2D eigenvalue weighted by atomic mass is 16.5. The van der Waals surface area contributed by atoms with Gasteiger partial charge < -0.3 is 10.1 Å². The molecule has 0 aliphatic heterocycles. The van der Waals surface area contributed by atoms with Gasteiger partial charge in [-0.1, -0.05) is 42.5 Å². The van der Waals surface area contributed by atoms with Gasteiger partial charge in [-0.15, -0.1) is 0 Å². The number of carbonyl (C=O) groups excluding carboxylic acids is 1. The van der Waals surface area contributed by atoms with Gasteiger partial charge in [-0.25, -0.2) is 0 Å². The summed E-state index contributed by atoms with van der Waals surface area (Å²) in [7, 11) is 1.68. The van der Waals surface area contributed by atoms with Crippen LogP contribution in [0.3, 0.4) is 0 Å². The average molecular weight is 376 g/mol. The zero-order chi connectivity index (χ0) is 19.2. The van der Waals surface area contributed by atoms with Crippen molar-refractivity contribution in [1.82, 2.24) is 5.32 Å². The number of nitrogens with one attached hydrogen (secondary N) is 1. The van der Waals surface area contributed by atoms with Crippen molar-refractivity contribution in [3.05, 3.63) is 65.7 Å². The Morgan fingerprint density at radius 1 is 1.04 bits per heavy atom. The Hall–Kier alpha value is -2.29. The minimum Gasteiger partial charge on any atom is -0.497 e. The van der Waals surface area contributed by atoms with Crippen LogP contribution >= 0.6 is 0 Å². The van der Waals surface area contributed by atoms with Crippen LogP contribution in [0.4, 0.5) is 0 Å². The van der Waals surface area contributed by atoms with Crippen LogP contribution in [0.1, 0.15) is 49.7 Å². The summed E-state index contributed by atoms with van der Waals surface area (Å²) in [6.45, 7) is 0.575. The van der Waals surface area contributed by atoms with Crippen LogP contribution in [0.5, 0.6) is 5.75 Å². The van der Waals surface area contributed by atoms with Gasteiger partial charge in [0.25, 0.3) is 0 Å². The van der Waals surface area contributed by atoms with E-state index >= 15 is 0 Å². The minimum atomic E-state index is -0.182. The van der Waals surface area contributed by atoms with Crippen LogP contribution in [-0.2, 0) is 16.8 Å². The second-order valence-corrected chi connectivity index (χ2v) is 9.42. The van der Waals surface area contributed by atoms with E-state index in [1.165, 1.54) is 24.8 Å². The molecular formula is C25H29NO2. The van der Waals surface area contributed by atoms with Gasteiger partial charge in [-0.05, 0) is 79.0 Å². The van der Waals surface area contributed by atoms with E-state index in [4.69, 9.17) is 4.74 Å². The maximum Gasteiger partial charge on any atom is 0.226 e. The second kappa shape index (κ2) is 6.65.